The number of hydrogen-bond acceptors (Lipinski definition) is 5. The van der Waals surface area contributed by atoms with Gasteiger partial charge in [0.25, 0.3) is 0 Å². The number of carbonyl (C=O) groups excluding carboxylic acids is 1. The van der Waals surface area contributed by atoms with Crippen molar-refractivity contribution in [2.45, 2.75) is 12.6 Å². The summed E-state index contributed by atoms with van der Waals surface area (Å²) in [5.41, 5.74) is 7.48. The van der Waals surface area contributed by atoms with E-state index in [0.717, 1.165) is 5.56 Å². The standard InChI is InChI=1S/C17H19NO4.ClH/c1-20-15-10-13(16(18)17(19)21-2)8-9-14(15)22-11-12-6-4-3-5-7-12;/h3-10,16H,11,18H2,1-2H3;1H. The van der Waals surface area contributed by atoms with Gasteiger partial charge in [-0.15, -0.1) is 12.4 Å². The number of rotatable bonds is 6. The molecule has 0 fully saturated rings. The molecule has 2 rings (SSSR count). The third-order valence-electron chi connectivity index (χ3n) is 3.24. The summed E-state index contributed by atoms with van der Waals surface area (Å²) in [7, 11) is 2.84. The molecule has 2 aromatic rings. The third-order valence-corrected chi connectivity index (χ3v) is 3.24. The van der Waals surface area contributed by atoms with Crippen molar-refractivity contribution in [1.82, 2.24) is 0 Å². The molecule has 0 amide bonds. The zero-order chi connectivity index (χ0) is 15.9. The van der Waals surface area contributed by atoms with E-state index in [9.17, 15) is 4.79 Å². The second kappa shape index (κ2) is 9.02. The van der Waals surface area contributed by atoms with E-state index in [1.807, 2.05) is 30.3 Å². The first kappa shape index (κ1) is 18.8. The lowest BCUT2D eigenvalue weighted by Gasteiger charge is -2.14. The Balaban J connectivity index is 0.00000264. The molecule has 0 saturated carbocycles. The molecule has 2 aromatic carbocycles. The average molecular weight is 338 g/mol. The van der Waals surface area contributed by atoms with Crippen molar-refractivity contribution in [3.63, 3.8) is 0 Å². The smallest absolute Gasteiger partial charge is 0.327 e. The van der Waals surface area contributed by atoms with Crippen LogP contribution in [0.1, 0.15) is 17.2 Å². The zero-order valence-electron chi connectivity index (χ0n) is 13.0. The van der Waals surface area contributed by atoms with Crippen molar-refractivity contribution in [1.29, 1.82) is 0 Å². The molecule has 0 bridgehead atoms. The molecular formula is C17H20ClNO4. The van der Waals surface area contributed by atoms with Crippen molar-refractivity contribution in [3.8, 4) is 11.5 Å². The summed E-state index contributed by atoms with van der Waals surface area (Å²) in [5.74, 6) is 0.611. The first-order valence-electron chi connectivity index (χ1n) is 6.83. The van der Waals surface area contributed by atoms with Crippen molar-refractivity contribution < 1.29 is 19.0 Å². The highest BCUT2D eigenvalue weighted by molar-refractivity contribution is 5.85. The number of benzene rings is 2. The van der Waals surface area contributed by atoms with Gasteiger partial charge in [-0.25, -0.2) is 0 Å². The molecule has 1 unspecified atom stereocenters. The summed E-state index contributed by atoms with van der Waals surface area (Å²) >= 11 is 0. The van der Waals surface area contributed by atoms with Crippen LogP contribution in [-0.2, 0) is 16.1 Å². The summed E-state index contributed by atoms with van der Waals surface area (Å²) < 4.78 is 15.7. The fraction of sp³-hybridized carbons (Fsp3) is 0.235. The summed E-state index contributed by atoms with van der Waals surface area (Å²) in [5, 5.41) is 0. The number of carbonyl (C=O) groups is 1. The van der Waals surface area contributed by atoms with E-state index >= 15 is 0 Å². The molecule has 23 heavy (non-hydrogen) atoms. The number of methoxy groups -OCH3 is 2. The summed E-state index contributed by atoms with van der Waals surface area (Å²) in [6, 6.07) is 14.1. The van der Waals surface area contributed by atoms with E-state index in [4.69, 9.17) is 15.2 Å². The lowest BCUT2D eigenvalue weighted by Crippen LogP contribution is -2.22. The van der Waals surface area contributed by atoms with Gasteiger partial charge in [0.2, 0.25) is 0 Å². The number of ether oxygens (including phenoxy) is 3. The minimum atomic E-state index is -0.845. The molecule has 0 radical (unpaired) electrons. The van der Waals surface area contributed by atoms with Gasteiger partial charge in [-0.2, -0.15) is 0 Å². The average Bonchev–Trinajstić information content (AvgIpc) is 2.59. The SMILES string of the molecule is COC(=O)C(N)c1ccc(OCc2ccccc2)c(OC)c1.Cl. The minimum Gasteiger partial charge on any atom is -0.493 e. The van der Waals surface area contributed by atoms with Crippen molar-refractivity contribution >= 4 is 18.4 Å². The van der Waals surface area contributed by atoms with Gasteiger partial charge in [0, 0.05) is 0 Å². The lowest BCUT2D eigenvalue weighted by molar-refractivity contribution is -0.142. The van der Waals surface area contributed by atoms with Crippen LogP contribution >= 0.6 is 12.4 Å². The van der Waals surface area contributed by atoms with Crippen LogP contribution in [0.3, 0.4) is 0 Å². The van der Waals surface area contributed by atoms with E-state index < -0.39 is 12.0 Å². The van der Waals surface area contributed by atoms with Crippen LogP contribution in [0.2, 0.25) is 0 Å². The predicted octanol–water partition coefficient (Wildman–Crippen LogP) is 2.87. The van der Waals surface area contributed by atoms with Crippen molar-refractivity contribution in [2.75, 3.05) is 14.2 Å². The highest BCUT2D eigenvalue weighted by atomic mass is 35.5. The Morgan fingerprint density at radius 1 is 1.09 bits per heavy atom. The molecule has 5 nitrogen and oxygen atoms in total. The number of esters is 1. The molecular weight excluding hydrogens is 318 g/mol. The van der Waals surface area contributed by atoms with E-state index in [2.05, 4.69) is 4.74 Å². The van der Waals surface area contributed by atoms with Crippen LogP contribution in [0, 0.1) is 0 Å². The van der Waals surface area contributed by atoms with Gasteiger partial charge >= 0.3 is 5.97 Å². The Morgan fingerprint density at radius 2 is 1.78 bits per heavy atom. The Bertz CT molecular complexity index is 634. The van der Waals surface area contributed by atoms with Crippen molar-refractivity contribution in [3.05, 3.63) is 59.7 Å². The van der Waals surface area contributed by atoms with E-state index in [1.165, 1.54) is 14.2 Å². The second-order valence-corrected chi connectivity index (χ2v) is 4.69. The van der Waals surface area contributed by atoms with Gasteiger partial charge in [0.05, 0.1) is 14.2 Å². The molecule has 0 aliphatic heterocycles. The van der Waals surface area contributed by atoms with Crippen LogP contribution < -0.4 is 15.2 Å². The van der Waals surface area contributed by atoms with E-state index in [0.29, 0.717) is 23.7 Å². The normalized spacial score (nSPS) is 11.1. The van der Waals surface area contributed by atoms with Gasteiger partial charge in [-0.05, 0) is 23.3 Å². The maximum atomic E-state index is 11.5. The molecule has 0 spiro atoms. The monoisotopic (exact) mass is 337 g/mol. The van der Waals surface area contributed by atoms with Gasteiger partial charge in [-0.3, -0.25) is 4.79 Å². The third kappa shape index (κ3) is 4.87. The largest absolute Gasteiger partial charge is 0.493 e. The minimum absolute atomic E-state index is 0. The van der Waals surface area contributed by atoms with Gasteiger partial charge in [-0.1, -0.05) is 36.4 Å². The second-order valence-electron chi connectivity index (χ2n) is 4.69. The maximum absolute atomic E-state index is 11.5. The zero-order valence-corrected chi connectivity index (χ0v) is 13.8. The van der Waals surface area contributed by atoms with Gasteiger partial charge < -0.3 is 19.9 Å². The summed E-state index contributed by atoms with van der Waals surface area (Å²) in [6.45, 7) is 0.430. The molecule has 0 aromatic heterocycles. The Labute approximate surface area is 141 Å². The van der Waals surface area contributed by atoms with E-state index in [1.54, 1.807) is 18.2 Å². The first-order valence-corrected chi connectivity index (χ1v) is 6.83. The molecule has 0 aliphatic carbocycles. The molecule has 0 aliphatic rings. The highest BCUT2D eigenvalue weighted by Crippen LogP contribution is 2.30. The maximum Gasteiger partial charge on any atom is 0.327 e. The number of hydrogen-bond donors (Lipinski definition) is 1. The highest BCUT2D eigenvalue weighted by Gasteiger charge is 2.18. The molecule has 124 valence electrons. The Hall–Kier alpha value is -2.24. The number of halogens is 1. The Kier molecular flexibility index (Phi) is 7.38. The fourth-order valence-electron chi connectivity index (χ4n) is 2.00. The topological polar surface area (TPSA) is 70.8 Å². The first-order chi connectivity index (χ1) is 10.7. The summed E-state index contributed by atoms with van der Waals surface area (Å²) in [6.07, 6.45) is 0. The fourth-order valence-corrected chi connectivity index (χ4v) is 2.00. The number of nitrogens with two attached hydrogens (primary N) is 1. The van der Waals surface area contributed by atoms with E-state index in [-0.39, 0.29) is 12.4 Å². The van der Waals surface area contributed by atoms with Crippen LogP contribution in [0.4, 0.5) is 0 Å². The lowest BCUT2D eigenvalue weighted by atomic mass is 10.1. The van der Waals surface area contributed by atoms with Crippen LogP contribution in [-0.4, -0.2) is 20.2 Å². The molecule has 1 atom stereocenters. The molecule has 2 N–H and O–H groups in total. The molecule has 0 saturated heterocycles. The van der Waals surface area contributed by atoms with Crippen LogP contribution in [0.25, 0.3) is 0 Å². The predicted molar refractivity (Wildman–Crippen MR) is 90.0 cm³/mol. The van der Waals surface area contributed by atoms with Gasteiger partial charge in [0.1, 0.15) is 12.6 Å². The molecule has 0 heterocycles. The quantitative estimate of drug-likeness (QED) is 0.821. The van der Waals surface area contributed by atoms with Gasteiger partial charge in [0.15, 0.2) is 11.5 Å². The van der Waals surface area contributed by atoms with Crippen molar-refractivity contribution in [2.24, 2.45) is 5.73 Å². The van der Waals surface area contributed by atoms with Crippen LogP contribution in [0.15, 0.2) is 48.5 Å². The van der Waals surface area contributed by atoms with Crippen LogP contribution in [0.5, 0.6) is 11.5 Å². The molecule has 6 heteroatoms. The summed E-state index contributed by atoms with van der Waals surface area (Å²) in [4.78, 5) is 11.5. The Morgan fingerprint density at radius 3 is 2.39 bits per heavy atom.